The Kier molecular flexibility index (Phi) is 4.83. The summed E-state index contributed by atoms with van der Waals surface area (Å²) in [6.45, 7) is 4.44. The van der Waals surface area contributed by atoms with Gasteiger partial charge in [-0.1, -0.05) is 12.1 Å². The van der Waals surface area contributed by atoms with Crippen LogP contribution >= 0.6 is 0 Å². The number of likely N-dealkylation sites (tertiary alicyclic amines) is 1. The second kappa shape index (κ2) is 7.05. The molecule has 0 saturated carbocycles. The summed E-state index contributed by atoms with van der Waals surface area (Å²) in [7, 11) is 0. The molecule has 1 aliphatic heterocycles. The predicted molar refractivity (Wildman–Crippen MR) is 95.0 cm³/mol. The van der Waals surface area contributed by atoms with Crippen molar-refractivity contribution >= 4 is 17.5 Å². The van der Waals surface area contributed by atoms with Crippen LogP contribution in [0.1, 0.15) is 34.3 Å². The standard InChI is InChI=1S/C20H21FN2O2/c1-13-9-14(2)11-17(10-13)22-19(24)18-7-4-8-23(18)20(25)15-5-3-6-16(21)12-15/h3,5-6,9-12,18H,4,7-8H2,1-2H3,(H,22,24). The normalized spacial score (nSPS) is 16.8. The molecule has 1 saturated heterocycles. The van der Waals surface area contributed by atoms with Crippen LogP contribution in [0.3, 0.4) is 0 Å². The van der Waals surface area contributed by atoms with Crippen molar-refractivity contribution in [3.8, 4) is 0 Å². The fraction of sp³-hybridized carbons (Fsp3) is 0.300. The van der Waals surface area contributed by atoms with Crippen LogP contribution in [0.15, 0.2) is 42.5 Å². The Morgan fingerprint density at radius 1 is 1.12 bits per heavy atom. The van der Waals surface area contributed by atoms with Gasteiger partial charge in [-0.2, -0.15) is 0 Å². The van der Waals surface area contributed by atoms with Crippen LogP contribution in [0.2, 0.25) is 0 Å². The summed E-state index contributed by atoms with van der Waals surface area (Å²) in [5, 5.41) is 2.91. The monoisotopic (exact) mass is 340 g/mol. The van der Waals surface area contributed by atoms with Crippen LogP contribution in [0.4, 0.5) is 10.1 Å². The number of nitrogens with one attached hydrogen (secondary N) is 1. The first-order valence-electron chi connectivity index (χ1n) is 8.40. The van der Waals surface area contributed by atoms with E-state index >= 15 is 0 Å². The number of hydrogen-bond donors (Lipinski definition) is 1. The molecule has 1 atom stereocenters. The summed E-state index contributed by atoms with van der Waals surface area (Å²) >= 11 is 0. The van der Waals surface area contributed by atoms with Crippen molar-refractivity contribution in [1.82, 2.24) is 4.90 Å². The third-order valence-electron chi connectivity index (χ3n) is 4.38. The number of aryl methyl sites for hydroxylation is 2. The zero-order valence-electron chi connectivity index (χ0n) is 14.4. The van der Waals surface area contributed by atoms with Crippen molar-refractivity contribution in [2.45, 2.75) is 32.7 Å². The smallest absolute Gasteiger partial charge is 0.254 e. The Morgan fingerprint density at radius 2 is 1.84 bits per heavy atom. The highest BCUT2D eigenvalue weighted by Gasteiger charge is 2.34. The largest absolute Gasteiger partial charge is 0.327 e. The Labute approximate surface area is 146 Å². The molecule has 1 fully saturated rings. The van der Waals surface area contributed by atoms with E-state index in [1.807, 2.05) is 32.0 Å². The van der Waals surface area contributed by atoms with Crippen LogP contribution in [0, 0.1) is 19.7 Å². The maximum atomic E-state index is 13.4. The van der Waals surface area contributed by atoms with Crippen LogP contribution in [0.25, 0.3) is 0 Å². The molecular weight excluding hydrogens is 319 g/mol. The number of anilines is 1. The quantitative estimate of drug-likeness (QED) is 0.926. The van der Waals surface area contributed by atoms with E-state index in [1.54, 1.807) is 6.07 Å². The molecule has 1 N–H and O–H groups in total. The van der Waals surface area contributed by atoms with E-state index in [0.717, 1.165) is 23.2 Å². The van der Waals surface area contributed by atoms with Gasteiger partial charge in [0.2, 0.25) is 5.91 Å². The van der Waals surface area contributed by atoms with Gasteiger partial charge < -0.3 is 10.2 Å². The highest BCUT2D eigenvalue weighted by atomic mass is 19.1. The SMILES string of the molecule is Cc1cc(C)cc(NC(=O)C2CCCN2C(=O)c2cccc(F)c2)c1. The Morgan fingerprint density at radius 3 is 2.52 bits per heavy atom. The molecule has 0 aromatic heterocycles. The fourth-order valence-corrected chi connectivity index (χ4v) is 3.34. The van der Waals surface area contributed by atoms with Crippen molar-refractivity contribution in [3.63, 3.8) is 0 Å². The lowest BCUT2D eigenvalue weighted by atomic mass is 10.1. The molecule has 2 amide bonds. The molecule has 0 spiro atoms. The van der Waals surface area contributed by atoms with Gasteiger partial charge in [0.15, 0.2) is 0 Å². The lowest BCUT2D eigenvalue weighted by molar-refractivity contribution is -0.119. The van der Waals surface area contributed by atoms with Crippen molar-refractivity contribution in [1.29, 1.82) is 0 Å². The van der Waals surface area contributed by atoms with Crippen molar-refractivity contribution in [2.75, 3.05) is 11.9 Å². The average Bonchev–Trinajstić information content (AvgIpc) is 3.02. The topological polar surface area (TPSA) is 49.4 Å². The number of halogens is 1. The molecule has 4 nitrogen and oxygen atoms in total. The van der Waals surface area contributed by atoms with Crippen molar-refractivity contribution < 1.29 is 14.0 Å². The molecule has 1 unspecified atom stereocenters. The third-order valence-corrected chi connectivity index (χ3v) is 4.38. The van der Waals surface area contributed by atoms with Gasteiger partial charge in [-0.3, -0.25) is 9.59 Å². The van der Waals surface area contributed by atoms with E-state index in [9.17, 15) is 14.0 Å². The van der Waals surface area contributed by atoms with Gasteiger partial charge in [0.05, 0.1) is 0 Å². The second-order valence-electron chi connectivity index (χ2n) is 6.53. The minimum absolute atomic E-state index is 0.202. The van der Waals surface area contributed by atoms with E-state index in [4.69, 9.17) is 0 Å². The van der Waals surface area contributed by atoms with Gasteiger partial charge in [-0.05, 0) is 68.1 Å². The van der Waals surface area contributed by atoms with Gasteiger partial charge in [-0.25, -0.2) is 4.39 Å². The van der Waals surface area contributed by atoms with Crippen LogP contribution in [0.5, 0.6) is 0 Å². The molecule has 0 radical (unpaired) electrons. The van der Waals surface area contributed by atoms with Crippen LogP contribution < -0.4 is 5.32 Å². The van der Waals surface area contributed by atoms with Crippen molar-refractivity contribution in [2.24, 2.45) is 0 Å². The average molecular weight is 340 g/mol. The predicted octanol–water partition coefficient (Wildman–Crippen LogP) is 3.69. The molecule has 25 heavy (non-hydrogen) atoms. The number of carbonyl (C=O) groups excluding carboxylic acids is 2. The minimum Gasteiger partial charge on any atom is -0.327 e. The Hall–Kier alpha value is -2.69. The molecule has 1 aliphatic rings. The van der Waals surface area contributed by atoms with E-state index in [0.29, 0.717) is 13.0 Å². The van der Waals surface area contributed by atoms with Gasteiger partial charge in [-0.15, -0.1) is 0 Å². The summed E-state index contributed by atoms with van der Waals surface area (Å²) in [5.41, 5.74) is 3.13. The van der Waals surface area contributed by atoms with E-state index in [2.05, 4.69) is 5.32 Å². The number of nitrogens with zero attached hydrogens (tertiary/aromatic N) is 1. The van der Waals surface area contributed by atoms with Crippen LogP contribution in [-0.4, -0.2) is 29.3 Å². The lowest BCUT2D eigenvalue weighted by Gasteiger charge is -2.24. The molecule has 0 bridgehead atoms. The molecule has 2 aromatic carbocycles. The molecular formula is C20H21FN2O2. The fourth-order valence-electron chi connectivity index (χ4n) is 3.34. The molecule has 5 heteroatoms. The highest BCUT2D eigenvalue weighted by molar-refractivity contribution is 6.01. The molecule has 130 valence electrons. The van der Waals surface area contributed by atoms with E-state index < -0.39 is 11.9 Å². The van der Waals surface area contributed by atoms with Gasteiger partial charge in [0, 0.05) is 17.8 Å². The Bertz CT molecular complexity index is 799. The first-order valence-corrected chi connectivity index (χ1v) is 8.40. The van der Waals surface area contributed by atoms with E-state index in [1.165, 1.54) is 23.1 Å². The first-order chi connectivity index (χ1) is 11.9. The second-order valence-corrected chi connectivity index (χ2v) is 6.53. The zero-order valence-corrected chi connectivity index (χ0v) is 14.4. The number of hydrogen-bond acceptors (Lipinski definition) is 2. The summed E-state index contributed by atoms with van der Waals surface area (Å²) < 4.78 is 13.4. The number of benzene rings is 2. The van der Waals surface area contributed by atoms with Gasteiger partial charge in [0.25, 0.3) is 5.91 Å². The Balaban J connectivity index is 1.76. The summed E-state index contributed by atoms with van der Waals surface area (Å²) in [4.78, 5) is 26.9. The molecule has 1 heterocycles. The molecule has 3 rings (SSSR count). The number of carbonyl (C=O) groups is 2. The first kappa shape index (κ1) is 17.1. The molecule has 2 aromatic rings. The van der Waals surface area contributed by atoms with Crippen molar-refractivity contribution in [3.05, 3.63) is 65.0 Å². The van der Waals surface area contributed by atoms with Gasteiger partial charge in [0.1, 0.15) is 11.9 Å². The third kappa shape index (κ3) is 3.87. The molecule has 0 aliphatic carbocycles. The maximum Gasteiger partial charge on any atom is 0.254 e. The van der Waals surface area contributed by atoms with Gasteiger partial charge >= 0.3 is 0 Å². The number of rotatable bonds is 3. The number of amides is 2. The summed E-state index contributed by atoms with van der Waals surface area (Å²) in [6, 6.07) is 10.9. The lowest BCUT2D eigenvalue weighted by Crippen LogP contribution is -2.43. The highest BCUT2D eigenvalue weighted by Crippen LogP contribution is 2.23. The zero-order chi connectivity index (χ0) is 18.0. The summed E-state index contributed by atoms with van der Waals surface area (Å²) in [5.74, 6) is -0.967. The maximum absolute atomic E-state index is 13.4. The minimum atomic E-state index is -0.531. The van der Waals surface area contributed by atoms with E-state index in [-0.39, 0.29) is 17.4 Å². The summed E-state index contributed by atoms with van der Waals surface area (Å²) in [6.07, 6.45) is 1.36. The van der Waals surface area contributed by atoms with Crippen LogP contribution in [-0.2, 0) is 4.79 Å².